The average Bonchev–Trinajstić information content (AvgIpc) is 2.45. The van der Waals surface area contributed by atoms with Crippen molar-refractivity contribution in [2.75, 3.05) is 25.0 Å². The standard InChI is InChI=1S/C18H28N2O2/c1-5-13(2)16-8-6-7-9-17(16)19-18(21)12-20-10-14(3)22-15(4)11-20/h6-9,13-15H,5,10-12H2,1-4H3,(H,19,21)/p+1/t13-,14+,15+/m0/s1. The normalized spacial score (nSPS) is 26.5. The smallest absolute Gasteiger partial charge is 0.279 e. The van der Waals surface area contributed by atoms with Crippen LogP contribution >= 0.6 is 0 Å². The van der Waals surface area contributed by atoms with E-state index in [0.29, 0.717) is 12.5 Å². The number of benzene rings is 1. The van der Waals surface area contributed by atoms with Crippen molar-refractivity contribution in [2.45, 2.75) is 52.2 Å². The van der Waals surface area contributed by atoms with Gasteiger partial charge in [-0.05, 0) is 37.8 Å². The van der Waals surface area contributed by atoms with Crippen LogP contribution < -0.4 is 10.2 Å². The van der Waals surface area contributed by atoms with Gasteiger partial charge in [-0.2, -0.15) is 0 Å². The van der Waals surface area contributed by atoms with E-state index in [0.717, 1.165) is 25.2 Å². The molecule has 4 heteroatoms. The number of carbonyl (C=O) groups is 1. The Morgan fingerprint density at radius 1 is 1.32 bits per heavy atom. The van der Waals surface area contributed by atoms with Crippen LogP contribution in [-0.2, 0) is 9.53 Å². The number of nitrogens with one attached hydrogen (secondary N) is 2. The quantitative estimate of drug-likeness (QED) is 0.871. The largest absolute Gasteiger partial charge is 0.364 e. The fraction of sp³-hybridized carbons (Fsp3) is 0.611. The van der Waals surface area contributed by atoms with Crippen molar-refractivity contribution >= 4 is 11.6 Å². The Morgan fingerprint density at radius 2 is 1.95 bits per heavy atom. The topological polar surface area (TPSA) is 42.8 Å². The SMILES string of the molecule is CC[C@H](C)c1ccccc1NC(=O)C[NH+]1C[C@@H](C)O[C@H](C)C1. The number of amides is 1. The first-order chi connectivity index (χ1) is 10.5. The molecular formula is C18H29N2O2+. The lowest BCUT2D eigenvalue weighted by atomic mass is 9.97. The van der Waals surface area contributed by atoms with Gasteiger partial charge in [-0.25, -0.2) is 0 Å². The first kappa shape index (κ1) is 17.0. The second-order valence-corrected chi connectivity index (χ2v) is 6.54. The highest BCUT2D eigenvalue weighted by Crippen LogP contribution is 2.26. The van der Waals surface area contributed by atoms with Gasteiger partial charge in [0.25, 0.3) is 5.91 Å². The van der Waals surface area contributed by atoms with Crippen molar-refractivity contribution in [2.24, 2.45) is 0 Å². The van der Waals surface area contributed by atoms with Gasteiger partial charge in [-0.15, -0.1) is 0 Å². The molecule has 1 heterocycles. The van der Waals surface area contributed by atoms with Crippen LogP contribution in [-0.4, -0.2) is 37.7 Å². The Hall–Kier alpha value is -1.39. The Morgan fingerprint density at radius 3 is 2.59 bits per heavy atom. The van der Waals surface area contributed by atoms with Crippen LogP contribution in [0.5, 0.6) is 0 Å². The van der Waals surface area contributed by atoms with Gasteiger partial charge in [0.05, 0.1) is 0 Å². The van der Waals surface area contributed by atoms with Gasteiger partial charge < -0.3 is 15.0 Å². The highest BCUT2D eigenvalue weighted by molar-refractivity contribution is 5.92. The number of para-hydroxylation sites is 1. The van der Waals surface area contributed by atoms with Crippen molar-refractivity contribution in [3.05, 3.63) is 29.8 Å². The zero-order valence-corrected chi connectivity index (χ0v) is 14.2. The lowest BCUT2D eigenvalue weighted by Gasteiger charge is -2.32. The molecule has 0 aromatic heterocycles. The van der Waals surface area contributed by atoms with Crippen LogP contribution in [0.25, 0.3) is 0 Å². The van der Waals surface area contributed by atoms with Gasteiger partial charge in [0.1, 0.15) is 25.3 Å². The zero-order valence-electron chi connectivity index (χ0n) is 14.2. The van der Waals surface area contributed by atoms with E-state index < -0.39 is 0 Å². The second kappa shape index (κ2) is 7.75. The summed E-state index contributed by atoms with van der Waals surface area (Å²) in [6.07, 6.45) is 1.51. The molecule has 1 amide bonds. The van der Waals surface area contributed by atoms with Crippen LogP contribution in [0.4, 0.5) is 5.69 Å². The molecule has 22 heavy (non-hydrogen) atoms. The molecule has 0 radical (unpaired) electrons. The summed E-state index contributed by atoms with van der Waals surface area (Å²) in [5, 5.41) is 3.10. The molecule has 4 nitrogen and oxygen atoms in total. The molecule has 1 aliphatic heterocycles. The summed E-state index contributed by atoms with van der Waals surface area (Å²) < 4.78 is 5.73. The first-order valence-corrected chi connectivity index (χ1v) is 8.37. The molecular weight excluding hydrogens is 276 g/mol. The zero-order chi connectivity index (χ0) is 16.1. The van der Waals surface area contributed by atoms with Crippen LogP contribution in [0.15, 0.2) is 24.3 Å². The van der Waals surface area contributed by atoms with Gasteiger partial charge in [0.2, 0.25) is 0 Å². The number of ether oxygens (including phenoxy) is 1. The molecule has 1 saturated heterocycles. The second-order valence-electron chi connectivity index (χ2n) is 6.54. The van der Waals surface area contributed by atoms with E-state index in [4.69, 9.17) is 4.74 Å². The van der Waals surface area contributed by atoms with Crippen molar-refractivity contribution in [1.82, 2.24) is 0 Å². The van der Waals surface area contributed by atoms with E-state index in [1.807, 2.05) is 18.2 Å². The molecule has 0 unspecified atom stereocenters. The maximum absolute atomic E-state index is 12.4. The van der Waals surface area contributed by atoms with Crippen molar-refractivity contribution in [1.29, 1.82) is 0 Å². The first-order valence-electron chi connectivity index (χ1n) is 8.37. The molecule has 3 atom stereocenters. The predicted molar refractivity (Wildman–Crippen MR) is 89.4 cm³/mol. The minimum absolute atomic E-state index is 0.0899. The van der Waals surface area contributed by atoms with E-state index in [1.54, 1.807) is 0 Å². The van der Waals surface area contributed by atoms with Crippen LogP contribution in [0.2, 0.25) is 0 Å². The fourth-order valence-electron chi connectivity index (χ4n) is 3.22. The lowest BCUT2D eigenvalue weighted by molar-refractivity contribution is -0.907. The molecule has 0 saturated carbocycles. The molecule has 1 aliphatic rings. The van der Waals surface area contributed by atoms with Gasteiger partial charge in [0.15, 0.2) is 6.54 Å². The van der Waals surface area contributed by atoms with Crippen LogP contribution in [0, 0.1) is 0 Å². The highest BCUT2D eigenvalue weighted by atomic mass is 16.5. The summed E-state index contributed by atoms with van der Waals surface area (Å²) in [5.41, 5.74) is 2.17. The minimum Gasteiger partial charge on any atom is -0.364 e. The Kier molecular flexibility index (Phi) is 5.98. The highest BCUT2D eigenvalue weighted by Gasteiger charge is 2.27. The van der Waals surface area contributed by atoms with E-state index >= 15 is 0 Å². The third-order valence-corrected chi connectivity index (χ3v) is 4.41. The molecule has 1 aromatic rings. The summed E-state index contributed by atoms with van der Waals surface area (Å²) in [6.45, 7) is 10.8. The summed E-state index contributed by atoms with van der Waals surface area (Å²) in [5.74, 6) is 0.541. The fourth-order valence-corrected chi connectivity index (χ4v) is 3.22. The number of hydrogen-bond donors (Lipinski definition) is 2. The number of carbonyl (C=O) groups excluding carboxylic acids is 1. The summed E-state index contributed by atoms with van der Waals surface area (Å²) in [7, 11) is 0. The summed E-state index contributed by atoms with van der Waals surface area (Å²) in [4.78, 5) is 13.7. The molecule has 122 valence electrons. The third kappa shape index (κ3) is 4.55. The maximum atomic E-state index is 12.4. The van der Waals surface area contributed by atoms with Crippen LogP contribution in [0.1, 0.15) is 45.6 Å². The van der Waals surface area contributed by atoms with E-state index in [-0.39, 0.29) is 18.1 Å². The number of quaternary nitrogens is 1. The maximum Gasteiger partial charge on any atom is 0.279 e. The Labute approximate surface area is 133 Å². The van der Waals surface area contributed by atoms with E-state index in [9.17, 15) is 4.79 Å². The number of hydrogen-bond acceptors (Lipinski definition) is 2. The molecule has 2 N–H and O–H groups in total. The molecule has 0 spiro atoms. The van der Waals surface area contributed by atoms with Crippen molar-refractivity contribution in [3.8, 4) is 0 Å². The molecule has 2 rings (SSSR count). The predicted octanol–water partition coefficient (Wildman–Crippen LogP) is 1.83. The van der Waals surface area contributed by atoms with Gasteiger partial charge in [0, 0.05) is 5.69 Å². The number of anilines is 1. The monoisotopic (exact) mass is 305 g/mol. The van der Waals surface area contributed by atoms with Gasteiger partial charge in [-0.3, -0.25) is 4.79 Å². The molecule has 0 aliphatic carbocycles. The number of morpholine rings is 1. The Bertz CT molecular complexity index is 494. The minimum atomic E-state index is 0.0899. The number of rotatable bonds is 5. The molecule has 1 fully saturated rings. The van der Waals surface area contributed by atoms with E-state index in [1.165, 1.54) is 10.5 Å². The molecule has 1 aromatic carbocycles. The molecule has 0 bridgehead atoms. The van der Waals surface area contributed by atoms with Crippen LogP contribution in [0.3, 0.4) is 0 Å². The van der Waals surface area contributed by atoms with E-state index in [2.05, 4.69) is 39.1 Å². The van der Waals surface area contributed by atoms with Gasteiger partial charge in [-0.1, -0.05) is 32.0 Å². The average molecular weight is 305 g/mol. The van der Waals surface area contributed by atoms with Crippen molar-refractivity contribution < 1.29 is 14.4 Å². The van der Waals surface area contributed by atoms with Crippen molar-refractivity contribution in [3.63, 3.8) is 0 Å². The van der Waals surface area contributed by atoms with Gasteiger partial charge >= 0.3 is 0 Å². The summed E-state index contributed by atoms with van der Waals surface area (Å²) >= 11 is 0. The Balaban J connectivity index is 1.97. The lowest BCUT2D eigenvalue weighted by Crippen LogP contribution is -3.16. The summed E-state index contributed by atoms with van der Waals surface area (Å²) in [6, 6.07) is 8.12. The third-order valence-electron chi connectivity index (χ3n) is 4.41.